The van der Waals surface area contributed by atoms with Crippen LogP contribution in [-0.4, -0.2) is 27.3 Å². The van der Waals surface area contributed by atoms with Gasteiger partial charge >= 0.3 is 5.97 Å². The number of rotatable bonds is 1. The molecule has 0 bridgehead atoms. The minimum absolute atomic E-state index is 0.0345. The average Bonchev–Trinajstić information content (AvgIpc) is 2.05. The van der Waals surface area contributed by atoms with Crippen LogP contribution in [0.4, 0.5) is 0 Å². The lowest BCUT2D eigenvalue weighted by molar-refractivity contribution is -0.145. The van der Waals surface area contributed by atoms with E-state index in [2.05, 4.69) is 0 Å². The highest BCUT2D eigenvalue weighted by Crippen LogP contribution is 2.49. The number of carbonyl (C=O) groups is 2. The Balaban J connectivity index is 2.37. The molecule has 0 unspecified atom stereocenters. The van der Waals surface area contributed by atoms with E-state index in [1.807, 2.05) is 0 Å². The van der Waals surface area contributed by atoms with Crippen molar-refractivity contribution < 1.29 is 14.7 Å². The van der Waals surface area contributed by atoms with Crippen molar-refractivity contribution >= 4 is 33.5 Å². The molecule has 13 heavy (non-hydrogen) atoms. The number of carbonyl (C=O) groups excluding carboxylic acids is 1. The van der Waals surface area contributed by atoms with Gasteiger partial charge in [0.15, 0.2) is 0 Å². The molecule has 1 atom stereocenters. The van der Waals surface area contributed by atoms with Crippen molar-refractivity contribution in [1.29, 1.82) is 0 Å². The summed E-state index contributed by atoms with van der Waals surface area (Å²) in [4.78, 5) is 24.0. The Morgan fingerprint density at radius 1 is 1.69 bits per heavy atom. The maximum atomic E-state index is 11.1. The Morgan fingerprint density at radius 2 is 2.38 bits per heavy atom. The third-order valence-corrected chi connectivity index (χ3v) is 4.81. The van der Waals surface area contributed by atoms with Crippen LogP contribution in [0.25, 0.3) is 0 Å². The van der Waals surface area contributed by atoms with Crippen molar-refractivity contribution in [2.24, 2.45) is 0 Å². The van der Waals surface area contributed by atoms with Crippen LogP contribution in [0.3, 0.4) is 0 Å². The van der Waals surface area contributed by atoms with Crippen molar-refractivity contribution in [2.75, 3.05) is 0 Å². The summed E-state index contributed by atoms with van der Waals surface area (Å²) in [6.45, 7) is 1.73. The molecular weight excluding hydrogens is 210 g/mol. The molecule has 6 heteroatoms. The van der Waals surface area contributed by atoms with E-state index in [0.29, 0.717) is 11.3 Å². The highest BCUT2D eigenvalue weighted by atomic mass is 33.1. The van der Waals surface area contributed by atoms with E-state index in [4.69, 9.17) is 5.11 Å². The monoisotopic (exact) mass is 217 g/mol. The number of nitrogens with zero attached hydrogens (tertiary/aromatic N) is 1. The summed E-state index contributed by atoms with van der Waals surface area (Å²) in [5.74, 6) is -1.10. The molecule has 0 aromatic carbocycles. The molecule has 0 spiro atoms. The highest BCUT2D eigenvalue weighted by Gasteiger charge is 2.45. The van der Waals surface area contributed by atoms with E-state index in [9.17, 15) is 9.59 Å². The fourth-order valence-electron chi connectivity index (χ4n) is 1.32. The van der Waals surface area contributed by atoms with Gasteiger partial charge in [0.2, 0.25) is 5.91 Å². The Labute approximate surface area is 82.8 Å². The summed E-state index contributed by atoms with van der Waals surface area (Å²) >= 11 is 0. The molecule has 2 rings (SSSR count). The summed E-state index contributed by atoms with van der Waals surface area (Å²) in [5, 5.41) is 8.91. The standard InChI is InChI=1S/C7H7NO3S2/c1-3-6(7(10)11)8-4(9)2-5(8)13-12-3/h5H,2H2,1H3,(H,10,11)/t5-/m1/s1. The lowest BCUT2D eigenvalue weighted by atomic mass is 10.1. The van der Waals surface area contributed by atoms with Crippen LogP contribution in [0.15, 0.2) is 10.6 Å². The number of hydrogen-bond acceptors (Lipinski definition) is 4. The molecule has 1 amide bonds. The van der Waals surface area contributed by atoms with Crippen LogP contribution in [0, 0.1) is 0 Å². The molecule has 0 aromatic rings. The predicted octanol–water partition coefficient (Wildman–Crippen LogP) is 1.26. The smallest absolute Gasteiger partial charge is 0.353 e. The maximum Gasteiger partial charge on any atom is 0.353 e. The normalized spacial score (nSPS) is 27.0. The van der Waals surface area contributed by atoms with Crippen LogP contribution in [-0.2, 0) is 9.59 Å². The topological polar surface area (TPSA) is 57.6 Å². The minimum atomic E-state index is -1.01. The van der Waals surface area contributed by atoms with Gasteiger partial charge in [-0.3, -0.25) is 9.69 Å². The third-order valence-electron chi connectivity index (χ3n) is 1.97. The summed E-state index contributed by atoms with van der Waals surface area (Å²) in [6, 6.07) is 0. The second-order valence-corrected chi connectivity index (χ2v) is 5.41. The molecule has 2 aliphatic rings. The van der Waals surface area contributed by atoms with Crippen molar-refractivity contribution in [1.82, 2.24) is 4.90 Å². The van der Waals surface area contributed by atoms with E-state index in [1.165, 1.54) is 15.7 Å². The Hall–Kier alpha value is -0.620. The second kappa shape index (κ2) is 2.95. The zero-order valence-corrected chi connectivity index (χ0v) is 8.44. The summed E-state index contributed by atoms with van der Waals surface area (Å²) < 4.78 is 0. The van der Waals surface area contributed by atoms with Gasteiger partial charge in [0.05, 0.1) is 6.42 Å². The van der Waals surface area contributed by atoms with Gasteiger partial charge in [-0.1, -0.05) is 21.6 Å². The SMILES string of the molecule is CC1=C(C(=O)O)N2C(=O)C[C@H]2SS1. The van der Waals surface area contributed by atoms with Crippen molar-refractivity contribution in [3.63, 3.8) is 0 Å². The first-order valence-corrected chi connectivity index (χ1v) is 5.92. The molecule has 1 saturated heterocycles. The van der Waals surface area contributed by atoms with E-state index < -0.39 is 5.97 Å². The summed E-state index contributed by atoms with van der Waals surface area (Å²) in [5.41, 5.74) is 0.157. The van der Waals surface area contributed by atoms with Gasteiger partial charge < -0.3 is 5.11 Å². The average molecular weight is 217 g/mol. The number of carboxylic acid groups (broad SMARTS) is 1. The van der Waals surface area contributed by atoms with Crippen LogP contribution < -0.4 is 0 Å². The van der Waals surface area contributed by atoms with Gasteiger partial charge in [0, 0.05) is 4.91 Å². The number of hydrogen-bond donors (Lipinski definition) is 1. The zero-order valence-electron chi connectivity index (χ0n) is 6.81. The van der Waals surface area contributed by atoms with Crippen LogP contribution in [0.1, 0.15) is 13.3 Å². The quantitative estimate of drug-likeness (QED) is 0.529. The molecule has 0 aliphatic carbocycles. The van der Waals surface area contributed by atoms with E-state index >= 15 is 0 Å². The van der Waals surface area contributed by atoms with Crippen molar-refractivity contribution in [3.8, 4) is 0 Å². The largest absolute Gasteiger partial charge is 0.477 e. The molecule has 0 aromatic heterocycles. The number of β-lactam (4-membered cyclic amide) rings is 1. The van der Waals surface area contributed by atoms with Crippen LogP contribution in [0.5, 0.6) is 0 Å². The molecule has 4 nitrogen and oxygen atoms in total. The molecule has 70 valence electrons. The molecule has 2 aliphatic heterocycles. The van der Waals surface area contributed by atoms with Crippen molar-refractivity contribution in [2.45, 2.75) is 18.7 Å². The minimum Gasteiger partial charge on any atom is -0.477 e. The van der Waals surface area contributed by atoms with Gasteiger partial charge in [-0.2, -0.15) is 0 Å². The Morgan fingerprint density at radius 3 is 2.85 bits per heavy atom. The highest BCUT2D eigenvalue weighted by molar-refractivity contribution is 8.78. The van der Waals surface area contributed by atoms with Gasteiger partial charge in [-0.15, -0.1) is 0 Å². The molecule has 1 N–H and O–H groups in total. The van der Waals surface area contributed by atoms with Crippen LogP contribution >= 0.6 is 21.6 Å². The first kappa shape index (κ1) is 8.96. The Kier molecular flexibility index (Phi) is 2.03. The molecule has 0 saturated carbocycles. The Bertz CT molecular complexity index is 326. The first-order valence-electron chi connectivity index (χ1n) is 3.71. The number of carboxylic acids is 1. The van der Waals surface area contributed by atoms with Gasteiger partial charge in [-0.25, -0.2) is 4.79 Å². The molecular formula is C7H7NO3S2. The van der Waals surface area contributed by atoms with E-state index in [-0.39, 0.29) is 17.0 Å². The van der Waals surface area contributed by atoms with Crippen molar-refractivity contribution in [3.05, 3.63) is 10.6 Å². The van der Waals surface area contributed by atoms with E-state index in [0.717, 1.165) is 0 Å². The summed E-state index contributed by atoms with van der Waals surface area (Å²) in [7, 11) is 2.99. The molecule has 1 fully saturated rings. The number of fused-ring (bicyclic) bond motifs is 1. The second-order valence-electron chi connectivity index (χ2n) is 2.81. The van der Waals surface area contributed by atoms with E-state index in [1.54, 1.807) is 17.7 Å². The molecule has 2 heterocycles. The lowest BCUT2D eigenvalue weighted by Crippen LogP contribution is -2.52. The number of aliphatic carboxylic acids is 1. The maximum absolute atomic E-state index is 11.1. The number of allylic oxidation sites excluding steroid dienone is 1. The third kappa shape index (κ3) is 1.24. The lowest BCUT2D eigenvalue weighted by Gasteiger charge is -2.42. The van der Waals surface area contributed by atoms with Gasteiger partial charge in [0.25, 0.3) is 0 Å². The van der Waals surface area contributed by atoms with Gasteiger partial charge in [-0.05, 0) is 6.92 Å². The van der Waals surface area contributed by atoms with Gasteiger partial charge in [0.1, 0.15) is 11.1 Å². The van der Waals surface area contributed by atoms with Crippen LogP contribution in [0.2, 0.25) is 0 Å². The first-order chi connectivity index (χ1) is 6.11. The summed E-state index contributed by atoms with van der Waals surface area (Å²) in [6.07, 6.45) is 0.460. The molecule has 0 radical (unpaired) electrons. The predicted molar refractivity (Wildman–Crippen MR) is 50.8 cm³/mol. The fourth-order valence-corrected chi connectivity index (χ4v) is 3.83. The number of amides is 1. The fraction of sp³-hybridized carbons (Fsp3) is 0.429. The zero-order chi connectivity index (χ0) is 9.59.